The average Bonchev–Trinajstić information content (AvgIpc) is 2.52. The van der Waals surface area contributed by atoms with Crippen LogP contribution < -0.4 is 10.2 Å². The smallest absolute Gasteiger partial charge is 0.277 e. The first-order chi connectivity index (χ1) is 11.2. The van der Waals surface area contributed by atoms with E-state index in [0.29, 0.717) is 5.02 Å². The second-order valence-electron chi connectivity index (χ2n) is 4.89. The number of nitrogens with one attached hydrogen (secondary N) is 1. The Kier molecular flexibility index (Phi) is 8.40. The summed E-state index contributed by atoms with van der Waals surface area (Å²) < 4.78 is 5.17. The lowest BCUT2D eigenvalue weighted by molar-refractivity contribution is -0.123. The van der Waals surface area contributed by atoms with Gasteiger partial charge >= 0.3 is 0 Å². The number of nitrogens with zero attached hydrogens (tertiary/aromatic N) is 1. The number of ether oxygens (including phenoxy) is 1. The molecule has 0 bridgehead atoms. The molecule has 0 spiro atoms. The SMILES string of the molecule is C[C@H](O)[C@H](O)[C@H](O)[C@@H](O)/C=N\NC(=O)COc1ccc(Cl)cc1Cl. The molecular weight excluding hydrogens is 363 g/mol. The maximum atomic E-state index is 11.5. The molecule has 5 N–H and O–H groups in total. The number of hydrogen-bond donors (Lipinski definition) is 5. The van der Waals surface area contributed by atoms with E-state index in [-0.39, 0.29) is 10.8 Å². The second kappa shape index (κ2) is 9.77. The van der Waals surface area contributed by atoms with Crippen molar-refractivity contribution in [2.75, 3.05) is 6.61 Å². The summed E-state index contributed by atoms with van der Waals surface area (Å²) in [7, 11) is 0. The third-order valence-electron chi connectivity index (χ3n) is 2.86. The van der Waals surface area contributed by atoms with Crippen LogP contribution in [0.4, 0.5) is 0 Å². The predicted octanol–water partition coefficient (Wildman–Crippen LogP) is -0.0623. The fourth-order valence-corrected chi connectivity index (χ4v) is 1.99. The number of aliphatic hydroxyl groups excluding tert-OH is 4. The molecule has 0 saturated heterocycles. The van der Waals surface area contributed by atoms with E-state index >= 15 is 0 Å². The molecule has 8 nitrogen and oxygen atoms in total. The Morgan fingerprint density at radius 2 is 1.96 bits per heavy atom. The minimum Gasteiger partial charge on any atom is -0.482 e. The Hall–Kier alpha value is -1.42. The Balaban J connectivity index is 2.42. The molecule has 1 rings (SSSR count). The van der Waals surface area contributed by atoms with E-state index in [1.807, 2.05) is 0 Å². The maximum absolute atomic E-state index is 11.5. The fourth-order valence-electron chi connectivity index (χ4n) is 1.53. The summed E-state index contributed by atoms with van der Waals surface area (Å²) in [6, 6.07) is 4.50. The van der Waals surface area contributed by atoms with Gasteiger partial charge < -0.3 is 25.2 Å². The van der Waals surface area contributed by atoms with Gasteiger partial charge in [0.2, 0.25) is 0 Å². The van der Waals surface area contributed by atoms with Gasteiger partial charge in [-0.1, -0.05) is 23.2 Å². The number of rotatable bonds is 8. The van der Waals surface area contributed by atoms with Gasteiger partial charge in [0, 0.05) is 5.02 Å². The summed E-state index contributed by atoms with van der Waals surface area (Å²) in [5, 5.41) is 41.6. The van der Waals surface area contributed by atoms with E-state index in [1.165, 1.54) is 19.1 Å². The van der Waals surface area contributed by atoms with Crippen LogP contribution in [-0.2, 0) is 4.79 Å². The molecule has 0 heterocycles. The number of amides is 1. The van der Waals surface area contributed by atoms with Gasteiger partial charge in [-0.25, -0.2) is 5.43 Å². The molecule has 0 aliphatic rings. The number of aliphatic hydroxyl groups is 4. The van der Waals surface area contributed by atoms with Crippen LogP contribution in [0.15, 0.2) is 23.3 Å². The number of benzene rings is 1. The Bertz CT molecular complexity index is 584. The first-order valence-electron chi connectivity index (χ1n) is 6.84. The van der Waals surface area contributed by atoms with Crippen LogP contribution >= 0.6 is 23.2 Å². The Morgan fingerprint density at radius 3 is 2.54 bits per heavy atom. The molecule has 24 heavy (non-hydrogen) atoms. The first-order valence-corrected chi connectivity index (χ1v) is 7.60. The Morgan fingerprint density at radius 1 is 1.29 bits per heavy atom. The van der Waals surface area contributed by atoms with E-state index in [0.717, 1.165) is 6.21 Å². The third-order valence-corrected chi connectivity index (χ3v) is 3.39. The summed E-state index contributed by atoms with van der Waals surface area (Å²) in [6.45, 7) is 0.854. The van der Waals surface area contributed by atoms with Crippen LogP contribution in [0.3, 0.4) is 0 Å². The van der Waals surface area contributed by atoms with Crippen LogP contribution in [0.25, 0.3) is 0 Å². The highest BCUT2D eigenvalue weighted by molar-refractivity contribution is 6.35. The zero-order chi connectivity index (χ0) is 18.3. The highest BCUT2D eigenvalue weighted by atomic mass is 35.5. The molecule has 1 aromatic rings. The van der Waals surface area contributed by atoms with Gasteiger partial charge in [-0.3, -0.25) is 4.79 Å². The summed E-state index contributed by atoms with van der Waals surface area (Å²) >= 11 is 11.6. The largest absolute Gasteiger partial charge is 0.482 e. The molecule has 10 heteroatoms. The van der Waals surface area contributed by atoms with Crippen LogP contribution in [0.1, 0.15) is 6.92 Å². The minimum absolute atomic E-state index is 0.240. The van der Waals surface area contributed by atoms with Gasteiger partial charge in [0.05, 0.1) is 17.3 Å². The van der Waals surface area contributed by atoms with E-state index < -0.39 is 36.9 Å². The standard InChI is InChI=1S/C14H18Cl2N2O6/c1-7(19)13(22)14(23)10(20)5-17-18-12(21)6-24-11-3-2-8(15)4-9(11)16/h2-5,7,10,13-14,19-20,22-23H,6H2,1H3,(H,18,21)/b17-5-/t7-,10-,13-,14+/m0/s1. The van der Waals surface area contributed by atoms with E-state index in [1.54, 1.807) is 6.07 Å². The number of carbonyl (C=O) groups excluding carboxylic acids is 1. The van der Waals surface area contributed by atoms with Gasteiger partial charge in [0.25, 0.3) is 5.91 Å². The van der Waals surface area contributed by atoms with Crippen molar-refractivity contribution in [1.29, 1.82) is 0 Å². The van der Waals surface area contributed by atoms with Crippen molar-refractivity contribution in [3.05, 3.63) is 28.2 Å². The van der Waals surface area contributed by atoms with Crippen molar-refractivity contribution in [2.45, 2.75) is 31.3 Å². The van der Waals surface area contributed by atoms with E-state index in [2.05, 4.69) is 10.5 Å². The van der Waals surface area contributed by atoms with Gasteiger partial charge in [-0.15, -0.1) is 0 Å². The van der Waals surface area contributed by atoms with Crippen LogP contribution in [0.5, 0.6) is 5.75 Å². The van der Waals surface area contributed by atoms with Crippen LogP contribution in [0, 0.1) is 0 Å². The zero-order valence-corrected chi connectivity index (χ0v) is 14.1. The third kappa shape index (κ3) is 6.60. The van der Waals surface area contributed by atoms with E-state index in [9.17, 15) is 20.1 Å². The van der Waals surface area contributed by atoms with Crippen molar-refractivity contribution in [1.82, 2.24) is 5.43 Å². The number of hydrogen-bond acceptors (Lipinski definition) is 7. The van der Waals surface area contributed by atoms with Crippen molar-refractivity contribution in [3.63, 3.8) is 0 Å². The maximum Gasteiger partial charge on any atom is 0.277 e. The molecule has 0 aliphatic heterocycles. The lowest BCUT2D eigenvalue weighted by atomic mass is 10.1. The topological polar surface area (TPSA) is 132 Å². The summed E-state index contributed by atoms with van der Waals surface area (Å²) in [5.74, 6) is -0.384. The van der Waals surface area contributed by atoms with Crippen molar-refractivity contribution in [2.24, 2.45) is 5.10 Å². The van der Waals surface area contributed by atoms with Gasteiger partial charge in [-0.05, 0) is 25.1 Å². The van der Waals surface area contributed by atoms with Gasteiger partial charge in [0.15, 0.2) is 6.61 Å². The monoisotopic (exact) mass is 380 g/mol. The quantitative estimate of drug-likeness (QED) is 0.317. The molecular formula is C14H18Cl2N2O6. The van der Waals surface area contributed by atoms with Crippen molar-refractivity contribution in [3.8, 4) is 5.75 Å². The first kappa shape index (κ1) is 20.6. The van der Waals surface area contributed by atoms with Crippen LogP contribution in [-0.4, -0.2) is 63.6 Å². The molecule has 1 aromatic carbocycles. The molecule has 0 aliphatic carbocycles. The minimum atomic E-state index is -1.66. The summed E-state index contributed by atoms with van der Waals surface area (Å²) in [4.78, 5) is 11.5. The average molecular weight is 381 g/mol. The highest BCUT2D eigenvalue weighted by Gasteiger charge is 2.27. The van der Waals surface area contributed by atoms with Crippen molar-refractivity contribution < 1.29 is 30.0 Å². The predicted molar refractivity (Wildman–Crippen MR) is 88.3 cm³/mol. The number of hydrazone groups is 1. The summed E-state index contributed by atoms with van der Waals surface area (Å²) in [6.07, 6.45) is -5.23. The van der Waals surface area contributed by atoms with Crippen LogP contribution in [0.2, 0.25) is 10.0 Å². The second-order valence-corrected chi connectivity index (χ2v) is 5.73. The highest BCUT2D eigenvalue weighted by Crippen LogP contribution is 2.27. The molecule has 0 radical (unpaired) electrons. The lowest BCUT2D eigenvalue weighted by Crippen LogP contribution is -2.44. The zero-order valence-electron chi connectivity index (χ0n) is 12.6. The molecule has 0 saturated carbocycles. The van der Waals surface area contributed by atoms with Crippen molar-refractivity contribution >= 4 is 35.3 Å². The molecule has 134 valence electrons. The molecule has 0 fully saturated rings. The number of halogens is 2. The number of carbonyl (C=O) groups is 1. The normalized spacial score (nSPS) is 16.5. The van der Waals surface area contributed by atoms with Gasteiger partial charge in [0.1, 0.15) is 24.1 Å². The molecule has 0 unspecified atom stereocenters. The fraction of sp³-hybridized carbons (Fsp3) is 0.429. The van der Waals surface area contributed by atoms with E-state index in [4.69, 9.17) is 33.0 Å². The summed E-state index contributed by atoms with van der Waals surface area (Å²) in [5.41, 5.74) is 2.06. The molecule has 1 amide bonds. The molecule has 4 atom stereocenters. The Labute approximate surface area is 148 Å². The van der Waals surface area contributed by atoms with Gasteiger partial charge in [-0.2, -0.15) is 5.10 Å². The lowest BCUT2D eigenvalue weighted by Gasteiger charge is -2.22. The molecule has 0 aromatic heterocycles.